The predicted octanol–water partition coefficient (Wildman–Crippen LogP) is 5.99. The maximum Gasteiger partial charge on any atom is 0.134 e. The minimum absolute atomic E-state index is 0.0577. The minimum Gasteiger partial charge on any atom is -0.489 e. The van der Waals surface area contributed by atoms with Crippen LogP contribution < -0.4 is 10.5 Å². The Hall–Kier alpha value is -1.91. The van der Waals surface area contributed by atoms with E-state index in [4.69, 9.17) is 10.5 Å². The van der Waals surface area contributed by atoms with E-state index in [2.05, 4.69) is 70.3 Å². The minimum atomic E-state index is 0.0577. The largest absolute Gasteiger partial charge is 0.489 e. The maximum absolute atomic E-state index is 6.64. The van der Waals surface area contributed by atoms with Crippen LogP contribution in [0.1, 0.15) is 44.6 Å². The standard InChI is InChI=1S/C24H27BrN2O/c1-2-23(26)24(19-6-4-3-5-7-19)11-8-20(9-12-24)28-22-15-17-10-13-27-16-18(17)14-21(22)25/h3-7,10,13-16,20,23H,2,8-9,11-12,26H2,1H3/t20?,23-,24?/m0/s1. The number of ether oxygens (including phenoxy) is 1. The number of hydrogen-bond acceptors (Lipinski definition) is 3. The van der Waals surface area contributed by atoms with E-state index in [-0.39, 0.29) is 17.6 Å². The van der Waals surface area contributed by atoms with Gasteiger partial charge in [0.15, 0.2) is 0 Å². The van der Waals surface area contributed by atoms with Gasteiger partial charge in [-0.1, -0.05) is 37.3 Å². The normalized spacial score (nSPS) is 23.5. The summed E-state index contributed by atoms with van der Waals surface area (Å²) in [6, 6.07) is 17.2. The number of aromatic nitrogens is 1. The van der Waals surface area contributed by atoms with Crippen LogP contribution in [0.3, 0.4) is 0 Å². The smallest absolute Gasteiger partial charge is 0.134 e. The summed E-state index contributed by atoms with van der Waals surface area (Å²) in [5.74, 6) is 0.913. The van der Waals surface area contributed by atoms with Crippen LogP contribution in [0.2, 0.25) is 0 Å². The van der Waals surface area contributed by atoms with E-state index < -0.39 is 0 Å². The molecule has 1 fully saturated rings. The Kier molecular flexibility index (Phi) is 5.70. The van der Waals surface area contributed by atoms with E-state index in [9.17, 15) is 0 Å². The fourth-order valence-electron chi connectivity index (χ4n) is 4.62. The van der Waals surface area contributed by atoms with Gasteiger partial charge in [0.05, 0.1) is 10.6 Å². The molecule has 2 N–H and O–H groups in total. The highest BCUT2D eigenvalue weighted by Crippen LogP contribution is 2.44. The van der Waals surface area contributed by atoms with Crippen molar-refractivity contribution in [2.24, 2.45) is 5.73 Å². The third kappa shape index (κ3) is 3.68. The Balaban J connectivity index is 1.52. The zero-order valence-electron chi connectivity index (χ0n) is 16.3. The molecule has 1 aliphatic rings. The van der Waals surface area contributed by atoms with Gasteiger partial charge in [0.25, 0.3) is 0 Å². The Morgan fingerprint density at radius 3 is 2.61 bits per heavy atom. The number of benzene rings is 2. The maximum atomic E-state index is 6.64. The number of pyridine rings is 1. The SMILES string of the molecule is CC[C@H](N)C1(c2ccccc2)CCC(Oc2cc3ccncc3cc2Br)CC1. The summed E-state index contributed by atoms with van der Waals surface area (Å²) in [6.45, 7) is 2.19. The lowest BCUT2D eigenvalue weighted by atomic mass is 9.64. The molecular formula is C24H27BrN2O. The molecule has 4 heteroatoms. The van der Waals surface area contributed by atoms with Crippen LogP contribution in [0.15, 0.2) is 65.4 Å². The third-order valence-corrected chi connectivity index (χ3v) is 6.93. The van der Waals surface area contributed by atoms with Crippen LogP contribution >= 0.6 is 15.9 Å². The van der Waals surface area contributed by atoms with E-state index >= 15 is 0 Å². The van der Waals surface area contributed by atoms with Crippen molar-refractivity contribution in [3.05, 3.63) is 71.0 Å². The van der Waals surface area contributed by atoms with Crippen molar-refractivity contribution in [2.45, 2.75) is 56.6 Å². The number of rotatable bonds is 5. The molecule has 0 bridgehead atoms. The van der Waals surface area contributed by atoms with Crippen molar-refractivity contribution < 1.29 is 4.74 Å². The van der Waals surface area contributed by atoms with E-state index in [1.54, 1.807) is 0 Å². The average molecular weight is 439 g/mol. The first-order valence-electron chi connectivity index (χ1n) is 10.1. The molecule has 1 aromatic heterocycles. The summed E-state index contributed by atoms with van der Waals surface area (Å²) >= 11 is 3.67. The monoisotopic (exact) mass is 438 g/mol. The highest BCUT2D eigenvalue weighted by Gasteiger charge is 2.41. The molecular weight excluding hydrogens is 412 g/mol. The molecule has 1 heterocycles. The van der Waals surface area contributed by atoms with Crippen molar-refractivity contribution in [1.82, 2.24) is 4.98 Å². The molecule has 0 aliphatic heterocycles. The Labute approximate surface area is 175 Å². The fourth-order valence-corrected chi connectivity index (χ4v) is 5.07. The van der Waals surface area contributed by atoms with Gasteiger partial charge in [-0.25, -0.2) is 0 Å². The second-order valence-electron chi connectivity index (χ2n) is 7.86. The number of nitrogens with two attached hydrogens (primary N) is 1. The second kappa shape index (κ2) is 8.22. The van der Waals surface area contributed by atoms with Gasteiger partial charge in [-0.15, -0.1) is 0 Å². The zero-order valence-corrected chi connectivity index (χ0v) is 17.9. The number of nitrogens with zero attached hydrogens (tertiary/aromatic N) is 1. The van der Waals surface area contributed by atoms with E-state index in [1.165, 1.54) is 5.56 Å². The Morgan fingerprint density at radius 2 is 1.89 bits per heavy atom. The van der Waals surface area contributed by atoms with Gasteiger partial charge in [-0.3, -0.25) is 4.98 Å². The summed E-state index contributed by atoms with van der Waals surface area (Å²) in [5.41, 5.74) is 8.08. The summed E-state index contributed by atoms with van der Waals surface area (Å²) in [7, 11) is 0. The van der Waals surface area contributed by atoms with Gasteiger partial charge in [0.1, 0.15) is 5.75 Å². The molecule has 2 aromatic carbocycles. The summed E-state index contributed by atoms with van der Waals surface area (Å²) in [4.78, 5) is 4.20. The summed E-state index contributed by atoms with van der Waals surface area (Å²) in [5, 5.41) is 2.26. The average Bonchev–Trinajstić information content (AvgIpc) is 2.75. The van der Waals surface area contributed by atoms with E-state index in [0.29, 0.717) is 0 Å². The van der Waals surface area contributed by atoms with Gasteiger partial charge in [0.2, 0.25) is 0 Å². The molecule has 1 aliphatic carbocycles. The van der Waals surface area contributed by atoms with Gasteiger partial charge in [0, 0.05) is 29.2 Å². The summed E-state index contributed by atoms with van der Waals surface area (Å²) in [6.07, 6.45) is 9.07. The molecule has 0 unspecified atom stereocenters. The first-order valence-corrected chi connectivity index (χ1v) is 10.9. The molecule has 28 heavy (non-hydrogen) atoms. The van der Waals surface area contributed by atoms with Gasteiger partial charge in [-0.05, 0) is 77.2 Å². The molecule has 146 valence electrons. The molecule has 1 saturated carbocycles. The molecule has 3 nitrogen and oxygen atoms in total. The van der Waals surface area contributed by atoms with Crippen molar-refractivity contribution in [2.75, 3.05) is 0 Å². The van der Waals surface area contributed by atoms with Gasteiger partial charge in [-0.2, -0.15) is 0 Å². The number of halogens is 1. The molecule has 3 aromatic rings. The van der Waals surface area contributed by atoms with Gasteiger partial charge < -0.3 is 10.5 Å². The molecule has 0 amide bonds. The molecule has 4 rings (SSSR count). The molecule has 0 spiro atoms. The number of hydrogen-bond donors (Lipinski definition) is 1. The van der Waals surface area contributed by atoms with Crippen LogP contribution in [-0.4, -0.2) is 17.1 Å². The Morgan fingerprint density at radius 1 is 1.14 bits per heavy atom. The molecule has 1 atom stereocenters. The van der Waals surface area contributed by atoms with E-state index in [0.717, 1.165) is 53.1 Å². The van der Waals surface area contributed by atoms with Gasteiger partial charge >= 0.3 is 0 Å². The van der Waals surface area contributed by atoms with Crippen LogP contribution in [0.5, 0.6) is 5.75 Å². The first-order chi connectivity index (χ1) is 13.6. The lowest BCUT2D eigenvalue weighted by molar-refractivity contribution is 0.103. The highest BCUT2D eigenvalue weighted by molar-refractivity contribution is 9.10. The summed E-state index contributed by atoms with van der Waals surface area (Å²) < 4.78 is 7.41. The first kappa shape index (κ1) is 19.4. The third-order valence-electron chi connectivity index (χ3n) is 6.31. The van der Waals surface area contributed by atoms with Crippen molar-refractivity contribution in [3.63, 3.8) is 0 Å². The van der Waals surface area contributed by atoms with Crippen molar-refractivity contribution >= 4 is 26.7 Å². The van der Waals surface area contributed by atoms with Crippen LogP contribution in [-0.2, 0) is 5.41 Å². The fraction of sp³-hybridized carbons (Fsp3) is 0.375. The quantitative estimate of drug-likeness (QED) is 0.531. The topological polar surface area (TPSA) is 48.1 Å². The predicted molar refractivity (Wildman–Crippen MR) is 119 cm³/mol. The lowest BCUT2D eigenvalue weighted by Gasteiger charge is -2.44. The van der Waals surface area contributed by atoms with Crippen LogP contribution in [0.25, 0.3) is 10.8 Å². The molecule has 0 radical (unpaired) electrons. The molecule has 0 saturated heterocycles. The van der Waals surface area contributed by atoms with Crippen molar-refractivity contribution in [3.8, 4) is 5.75 Å². The van der Waals surface area contributed by atoms with E-state index in [1.807, 2.05) is 18.5 Å². The second-order valence-corrected chi connectivity index (χ2v) is 8.71. The van der Waals surface area contributed by atoms with Crippen LogP contribution in [0, 0.1) is 0 Å². The lowest BCUT2D eigenvalue weighted by Crippen LogP contribution is -2.48. The van der Waals surface area contributed by atoms with Crippen LogP contribution in [0.4, 0.5) is 0 Å². The zero-order chi connectivity index (χ0) is 19.6. The van der Waals surface area contributed by atoms with Crippen molar-refractivity contribution in [1.29, 1.82) is 0 Å². The Bertz CT molecular complexity index is 936. The highest BCUT2D eigenvalue weighted by atomic mass is 79.9. The number of fused-ring (bicyclic) bond motifs is 1.